The summed E-state index contributed by atoms with van der Waals surface area (Å²) in [6.07, 6.45) is 3.81. The Morgan fingerprint density at radius 1 is 0.353 bits per heavy atom. The molecule has 51 heavy (non-hydrogen) atoms. The van der Waals surface area contributed by atoms with Crippen LogP contribution in [0.15, 0.2) is 182 Å². The average molecular weight is 651 g/mol. The first-order valence-electron chi connectivity index (χ1n) is 17.2. The fourth-order valence-electron chi connectivity index (χ4n) is 7.67. The van der Waals surface area contributed by atoms with Gasteiger partial charge in [0.2, 0.25) is 0 Å². The van der Waals surface area contributed by atoms with Crippen molar-refractivity contribution in [2.75, 3.05) is 0 Å². The molecule has 0 N–H and O–H groups in total. The molecular formula is C47H30N4. The summed E-state index contributed by atoms with van der Waals surface area (Å²) in [6, 6.07) is 59.7. The third kappa shape index (κ3) is 4.80. The molecule has 0 amide bonds. The second-order valence-corrected chi connectivity index (χ2v) is 12.8. The number of hydrogen-bond acceptors (Lipinski definition) is 3. The van der Waals surface area contributed by atoms with Crippen molar-refractivity contribution in [2.24, 2.45) is 0 Å². The molecule has 4 heterocycles. The quantitative estimate of drug-likeness (QED) is 0.174. The number of pyridine rings is 3. The highest BCUT2D eigenvalue weighted by atomic mass is 15.0. The van der Waals surface area contributed by atoms with Gasteiger partial charge in [-0.05, 0) is 81.2 Å². The molecule has 0 fully saturated rings. The van der Waals surface area contributed by atoms with Gasteiger partial charge in [-0.2, -0.15) is 0 Å². The van der Waals surface area contributed by atoms with Crippen molar-refractivity contribution in [1.29, 1.82) is 0 Å². The Labute approximate surface area is 295 Å². The minimum atomic E-state index is 0.831. The number of nitrogens with zero attached hydrogens (tertiary/aromatic N) is 4. The van der Waals surface area contributed by atoms with Gasteiger partial charge in [0, 0.05) is 40.0 Å². The van der Waals surface area contributed by atoms with Crippen LogP contribution in [-0.4, -0.2) is 19.5 Å². The lowest BCUT2D eigenvalue weighted by Gasteiger charge is -2.17. The molecule has 4 nitrogen and oxygen atoms in total. The van der Waals surface area contributed by atoms with Crippen LogP contribution < -0.4 is 0 Å². The molecule has 4 aromatic heterocycles. The number of para-hydroxylation sites is 1. The maximum absolute atomic E-state index is 5.30. The maximum atomic E-state index is 5.30. The standard InChI is InChI=1S/C47H30N4/c1-2-13-31(14-3-1)46-35-18-4-6-20-37(35)47(38-21-7-5-19-36(38)46)43-25-12-24-42(50-43)41-23-11-22-40(49-41)32-15-10-16-33(29-32)51-44-26-9-8-17-34(44)39-30-48-28-27-45(39)51/h1-30H. The third-order valence-electron chi connectivity index (χ3n) is 9.88. The number of benzene rings is 6. The van der Waals surface area contributed by atoms with Gasteiger partial charge < -0.3 is 4.57 Å². The molecule has 238 valence electrons. The van der Waals surface area contributed by atoms with Crippen LogP contribution in [0.3, 0.4) is 0 Å². The van der Waals surface area contributed by atoms with Gasteiger partial charge in [0.25, 0.3) is 0 Å². The first kappa shape index (κ1) is 29.0. The van der Waals surface area contributed by atoms with E-state index in [1.807, 2.05) is 18.5 Å². The van der Waals surface area contributed by atoms with Crippen LogP contribution in [0.5, 0.6) is 0 Å². The van der Waals surface area contributed by atoms with Crippen LogP contribution in [0, 0.1) is 0 Å². The van der Waals surface area contributed by atoms with E-state index in [9.17, 15) is 0 Å². The van der Waals surface area contributed by atoms with Crippen molar-refractivity contribution in [3.63, 3.8) is 0 Å². The molecule has 0 spiro atoms. The summed E-state index contributed by atoms with van der Waals surface area (Å²) in [4.78, 5) is 14.9. The first-order valence-corrected chi connectivity index (χ1v) is 17.2. The summed E-state index contributed by atoms with van der Waals surface area (Å²) < 4.78 is 2.31. The highest BCUT2D eigenvalue weighted by molar-refractivity contribution is 6.21. The lowest BCUT2D eigenvalue weighted by Crippen LogP contribution is -1.96. The van der Waals surface area contributed by atoms with Gasteiger partial charge in [0.1, 0.15) is 0 Å². The van der Waals surface area contributed by atoms with Crippen molar-refractivity contribution in [3.05, 3.63) is 182 Å². The second-order valence-electron chi connectivity index (χ2n) is 12.8. The highest BCUT2D eigenvalue weighted by Crippen LogP contribution is 2.43. The van der Waals surface area contributed by atoms with Gasteiger partial charge in [-0.3, -0.25) is 4.98 Å². The highest BCUT2D eigenvalue weighted by Gasteiger charge is 2.18. The SMILES string of the molecule is c1ccc(-c2c3ccccc3c(-c3cccc(-c4cccc(-c5cccc(-n6c7ccccc7c7cnccc76)c5)n4)n3)c3ccccc23)cc1. The number of fused-ring (bicyclic) bond motifs is 5. The average Bonchev–Trinajstić information content (AvgIpc) is 3.55. The van der Waals surface area contributed by atoms with E-state index in [0.29, 0.717) is 0 Å². The van der Waals surface area contributed by atoms with E-state index in [0.717, 1.165) is 56.0 Å². The van der Waals surface area contributed by atoms with Gasteiger partial charge in [-0.25, -0.2) is 9.97 Å². The van der Waals surface area contributed by atoms with Gasteiger partial charge in [-0.15, -0.1) is 0 Å². The van der Waals surface area contributed by atoms with E-state index in [4.69, 9.17) is 9.97 Å². The van der Waals surface area contributed by atoms with E-state index in [1.54, 1.807) is 0 Å². The Balaban J connectivity index is 1.10. The van der Waals surface area contributed by atoms with E-state index < -0.39 is 0 Å². The topological polar surface area (TPSA) is 43.6 Å². The van der Waals surface area contributed by atoms with Crippen LogP contribution >= 0.6 is 0 Å². The molecule has 0 unspecified atom stereocenters. The zero-order valence-corrected chi connectivity index (χ0v) is 27.6. The molecule has 4 heteroatoms. The zero-order chi connectivity index (χ0) is 33.7. The number of rotatable bonds is 5. The Hall–Kier alpha value is -6.91. The monoisotopic (exact) mass is 650 g/mol. The van der Waals surface area contributed by atoms with Crippen LogP contribution in [0.1, 0.15) is 0 Å². The van der Waals surface area contributed by atoms with Crippen molar-refractivity contribution >= 4 is 43.4 Å². The van der Waals surface area contributed by atoms with E-state index in [-0.39, 0.29) is 0 Å². The zero-order valence-electron chi connectivity index (χ0n) is 27.6. The van der Waals surface area contributed by atoms with Gasteiger partial charge in [0.05, 0.1) is 33.8 Å². The first-order chi connectivity index (χ1) is 25.3. The van der Waals surface area contributed by atoms with Crippen molar-refractivity contribution in [1.82, 2.24) is 19.5 Å². The molecule has 0 aliphatic rings. The van der Waals surface area contributed by atoms with E-state index in [2.05, 4.69) is 173 Å². The summed E-state index contributed by atoms with van der Waals surface area (Å²) >= 11 is 0. The summed E-state index contributed by atoms with van der Waals surface area (Å²) in [5, 5.41) is 7.11. The van der Waals surface area contributed by atoms with Gasteiger partial charge in [0.15, 0.2) is 0 Å². The lowest BCUT2D eigenvalue weighted by atomic mass is 9.87. The predicted molar refractivity (Wildman–Crippen MR) is 211 cm³/mol. The Bertz CT molecular complexity index is 2810. The van der Waals surface area contributed by atoms with Crippen LogP contribution in [0.2, 0.25) is 0 Å². The lowest BCUT2D eigenvalue weighted by molar-refractivity contribution is 1.17. The molecule has 0 saturated heterocycles. The van der Waals surface area contributed by atoms with Crippen molar-refractivity contribution < 1.29 is 0 Å². The summed E-state index contributed by atoms with van der Waals surface area (Å²) in [5.41, 5.74) is 11.5. The Kier molecular flexibility index (Phi) is 6.78. The largest absolute Gasteiger partial charge is 0.309 e. The molecule has 0 bridgehead atoms. The molecule has 0 atom stereocenters. The smallest absolute Gasteiger partial charge is 0.0893 e. The summed E-state index contributed by atoms with van der Waals surface area (Å²) in [6.45, 7) is 0. The maximum Gasteiger partial charge on any atom is 0.0893 e. The number of hydrogen-bond donors (Lipinski definition) is 0. The molecule has 0 aliphatic carbocycles. The fourth-order valence-corrected chi connectivity index (χ4v) is 7.67. The predicted octanol–water partition coefficient (Wildman–Crippen LogP) is 11.9. The van der Waals surface area contributed by atoms with Gasteiger partial charge in [-0.1, -0.05) is 121 Å². The van der Waals surface area contributed by atoms with Crippen LogP contribution in [0.25, 0.3) is 94.1 Å². The second kappa shape index (κ2) is 11.9. The van der Waals surface area contributed by atoms with E-state index >= 15 is 0 Å². The molecule has 6 aromatic carbocycles. The minimum Gasteiger partial charge on any atom is -0.309 e. The van der Waals surface area contributed by atoms with Crippen molar-refractivity contribution in [2.45, 2.75) is 0 Å². The van der Waals surface area contributed by atoms with Crippen molar-refractivity contribution in [3.8, 4) is 50.7 Å². The van der Waals surface area contributed by atoms with Gasteiger partial charge >= 0.3 is 0 Å². The molecule has 0 saturated carbocycles. The molecule has 0 radical (unpaired) electrons. The Morgan fingerprint density at radius 2 is 0.882 bits per heavy atom. The normalized spacial score (nSPS) is 11.5. The van der Waals surface area contributed by atoms with E-state index in [1.165, 1.54) is 38.1 Å². The molecular weight excluding hydrogens is 621 g/mol. The van der Waals surface area contributed by atoms with Crippen LogP contribution in [0.4, 0.5) is 0 Å². The minimum absolute atomic E-state index is 0.831. The summed E-state index contributed by atoms with van der Waals surface area (Å²) in [5.74, 6) is 0. The third-order valence-corrected chi connectivity index (χ3v) is 9.88. The molecule has 10 aromatic rings. The molecule has 10 rings (SSSR count). The fraction of sp³-hybridized carbons (Fsp3) is 0. The Morgan fingerprint density at radius 3 is 1.61 bits per heavy atom. The summed E-state index contributed by atoms with van der Waals surface area (Å²) in [7, 11) is 0. The number of aromatic nitrogens is 4. The van der Waals surface area contributed by atoms with Crippen LogP contribution in [-0.2, 0) is 0 Å². The molecule has 0 aliphatic heterocycles.